The standard InChI is InChI=1S/C10H22N2.C10H18N2.I3/c1-9(2)5-8(11)6-10(3,7-9)12-4;1-9(2)4-8(12)5-10(3,6-9)7-11;1-3-2/h8,12H,5-7,11H2,1-4H3;8H,4-6,12H2,1-3H3;/q;;-1. The molecular weight excluding hydrogens is 677 g/mol. The van der Waals surface area contributed by atoms with Gasteiger partial charge in [-0.1, -0.05) is 27.7 Å². The number of hydrogen-bond acceptors (Lipinski definition) is 4. The van der Waals surface area contributed by atoms with Gasteiger partial charge >= 0.3 is 50.5 Å². The Morgan fingerprint density at radius 2 is 1.30 bits per heavy atom. The molecule has 0 aromatic heterocycles. The molecule has 2 aliphatic rings. The van der Waals surface area contributed by atoms with Crippen LogP contribution >= 0.6 is 37.2 Å². The van der Waals surface area contributed by atoms with Gasteiger partial charge in [-0.05, 0) is 70.3 Å². The SMILES string of the molecule is CC1(C)CC(N)CC(C)(C#N)C1.CNC1(C)CC(N)CC(C)(C)C1.I[I-]I. The first kappa shape index (κ1) is 28.6. The van der Waals surface area contributed by atoms with E-state index in [0.29, 0.717) is 24.7 Å². The summed E-state index contributed by atoms with van der Waals surface area (Å²) in [6, 6.07) is 2.96. The van der Waals surface area contributed by atoms with Gasteiger partial charge in [-0.15, -0.1) is 0 Å². The van der Waals surface area contributed by atoms with Crippen molar-refractivity contribution in [3.8, 4) is 6.07 Å². The van der Waals surface area contributed by atoms with E-state index in [1.165, 1.54) is 6.42 Å². The Morgan fingerprint density at radius 1 is 0.889 bits per heavy atom. The molecule has 162 valence electrons. The Bertz CT molecular complexity index is 492. The first-order valence-electron chi connectivity index (χ1n) is 9.64. The zero-order valence-corrected chi connectivity index (χ0v) is 24.6. The molecular formula is C20H40I3N4-. The molecule has 0 spiro atoms. The summed E-state index contributed by atoms with van der Waals surface area (Å²) >= 11 is 5.30. The summed E-state index contributed by atoms with van der Waals surface area (Å²) in [6.07, 6.45) is 6.36. The summed E-state index contributed by atoms with van der Waals surface area (Å²) in [5, 5.41) is 12.4. The van der Waals surface area contributed by atoms with Crippen molar-refractivity contribution in [3.05, 3.63) is 0 Å². The van der Waals surface area contributed by atoms with Gasteiger partial charge in [0.1, 0.15) is 0 Å². The fourth-order valence-electron chi connectivity index (χ4n) is 5.40. The van der Waals surface area contributed by atoms with Gasteiger partial charge in [0.2, 0.25) is 0 Å². The third-order valence-corrected chi connectivity index (χ3v) is 5.67. The minimum absolute atomic E-state index is 0.193. The van der Waals surface area contributed by atoms with E-state index in [1.54, 1.807) is 0 Å². The van der Waals surface area contributed by atoms with Crippen LogP contribution in [0.3, 0.4) is 0 Å². The predicted molar refractivity (Wildman–Crippen MR) is 130 cm³/mol. The van der Waals surface area contributed by atoms with Crippen LogP contribution in [0.15, 0.2) is 0 Å². The van der Waals surface area contributed by atoms with E-state index in [-0.39, 0.29) is 22.4 Å². The topological polar surface area (TPSA) is 87.9 Å². The summed E-state index contributed by atoms with van der Waals surface area (Å²) in [4.78, 5) is 0. The molecule has 2 fully saturated rings. The molecule has 5 N–H and O–H groups in total. The van der Waals surface area contributed by atoms with Crippen molar-refractivity contribution in [2.45, 2.75) is 97.7 Å². The van der Waals surface area contributed by atoms with Gasteiger partial charge in [-0.3, -0.25) is 0 Å². The quantitative estimate of drug-likeness (QED) is 0.364. The van der Waals surface area contributed by atoms with Crippen molar-refractivity contribution < 1.29 is 13.3 Å². The summed E-state index contributed by atoms with van der Waals surface area (Å²) < 4.78 is 0. The van der Waals surface area contributed by atoms with E-state index < -0.39 is 0 Å². The minimum atomic E-state index is -0.193. The first-order valence-corrected chi connectivity index (χ1v) is 22.2. The van der Waals surface area contributed by atoms with Crippen molar-refractivity contribution in [1.82, 2.24) is 5.32 Å². The molecule has 0 saturated heterocycles. The van der Waals surface area contributed by atoms with E-state index in [2.05, 4.69) is 83.2 Å². The maximum absolute atomic E-state index is 8.99. The zero-order valence-electron chi connectivity index (χ0n) is 18.1. The van der Waals surface area contributed by atoms with Gasteiger partial charge in [0.15, 0.2) is 0 Å². The molecule has 0 amide bonds. The van der Waals surface area contributed by atoms with Gasteiger partial charge in [0.05, 0.1) is 11.5 Å². The van der Waals surface area contributed by atoms with Crippen molar-refractivity contribution in [3.63, 3.8) is 0 Å². The van der Waals surface area contributed by atoms with Crippen molar-refractivity contribution in [1.29, 1.82) is 5.26 Å². The second-order valence-corrected chi connectivity index (χ2v) is 26.8. The Balaban J connectivity index is 0.000000438. The van der Waals surface area contributed by atoms with Crippen LogP contribution in [-0.4, -0.2) is 24.7 Å². The molecule has 7 heteroatoms. The third-order valence-electron chi connectivity index (χ3n) is 5.67. The second kappa shape index (κ2) is 11.8. The third kappa shape index (κ3) is 11.5. The Morgan fingerprint density at radius 3 is 1.63 bits per heavy atom. The molecule has 0 bridgehead atoms. The number of nitriles is 1. The second-order valence-electron chi connectivity index (χ2n) is 10.6. The van der Waals surface area contributed by atoms with E-state index in [9.17, 15) is 0 Å². The molecule has 0 heterocycles. The summed E-state index contributed by atoms with van der Waals surface area (Å²) in [6.45, 7) is 13.3. The van der Waals surface area contributed by atoms with Crippen molar-refractivity contribution >= 4 is 37.2 Å². The normalized spacial score (nSPS) is 37.1. The van der Waals surface area contributed by atoms with E-state index in [1.807, 2.05) is 14.0 Å². The fraction of sp³-hybridized carbons (Fsp3) is 0.950. The van der Waals surface area contributed by atoms with Crippen LogP contribution in [0.1, 0.15) is 80.1 Å². The van der Waals surface area contributed by atoms with E-state index in [4.69, 9.17) is 16.7 Å². The van der Waals surface area contributed by atoms with Crippen LogP contribution < -0.4 is 30.0 Å². The monoisotopic (exact) mass is 717 g/mol. The molecule has 4 nitrogen and oxygen atoms in total. The van der Waals surface area contributed by atoms with E-state index in [0.717, 1.165) is 32.1 Å². The van der Waals surface area contributed by atoms with Crippen LogP contribution in [0.2, 0.25) is 0 Å². The average Bonchev–Trinajstić information content (AvgIpc) is 2.43. The molecule has 2 aliphatic carbocycles. The Kier molecular flexibility index (Phi) is 12.5. The molecule has 0 aliphatic heterocycles. The van der Waals surface area contributed by atoms with Gasteiger partial charge < -0.3 is 16.8 Å². The number of rotatable bonds is 1. The summed E-state index contributed by atoms with van der Waals surface area (Å²) in [5.74, 6) is 0. The van der Waals surface area contributed by atoms with Crippen molar-refractivity contribution in [2.24, 2.45) is 27.7 Å². The van der Waals surface area contributed by atoms with Gasteiger partial charge in [-0.2, -0.15) is 5.26 Å². The van der Waals surface area contributed by atoms with E-state index >= 15 is 0 Å². The van der Waals surface area contributed by atoms with Crippen LogP contribution in [0, 0.1) is 27.6 Å². The van der Waals surface area contributed by atoms with Crippen LogP contribution in [0.5, 0.6) is 0 Å². The molecule has 0 radical (unpaired) electrons. The molecule has 0 aromatic rings. The summed E-state index contributed by atoms with van der Waals surface area (Å²) in [7, 11) is 2.04. The number of nitrogens with two attached hydrogens (primary N) is 2. The average molecular weight is 717 g/mol. The van der Waals surface area contributed by atoms with Gasteiger partial charge in [0.25, 0.3) is 0 Å². The van der Waals surface area contributed by atoms with Crippen LogP contribution in [-0.2, 0) is 0 Å². The molecule has 4 unspecified atom stereocenters. The van der Waals surface area contributed by atoms with Crippen molar-refractivity contribution in [2.75, 3.05) is 7.05 Å². The Hall–Kier alpha value is 1.56. The number of halogens is 3. The molecule has 0 aromatic carbocycles. The maximum atomic E-state index is 8.99. The number of nitrogens with zero attached hydrogens (tertiary/aromatic N) is 1. The fourth-order valence-corrected chi connectivity index (χ4v) is 5.40. The zero-order chi connectivity index (χ0) is 21.5. The van der Waals surface area contributed by atoms with Gasteiger partial charge in [0, 0.05) is 17.6 Å². The van der Waals surface area contributed by atoms with Crippen LogP contribution in [0.4, 0.5) is 0 Å². The number of nitrogens with one attached hydrogen (secondary N) is 1. The molecule has 2 rings (SSSR count). The number of hydrogen-bond donors (Lipinski definition) is 3. The first-order chi connectivity index (χ1) is 12.2. The molecule has 4 atom stereocenters. The summed E-state index contributed by atoms with van der Waals surface area (Å²) in [5.41, 5.74) is 12.6. The Labute approximate surface area is 197 Å². The van der Waals surface area contributed by atoms with Crippen LogP contribution in [0.25, 0.3) is 0 Å². The van der Waals surface area contributed by atoms with Gasteiger partial charge in [-0.25, -0.2) is 0 Å². The predicted octanol–water partition coefficient (Wildman–Crippen LogP) is 2.33. The molecule has 27 heavy (non-hydrogen) atoms. The molecule has 2 saturated carbocycles.